The average molecular weight is 304 g/mol. The molecule has 0 atom stereocenters. The van der Waals surface area contributed by atoms with Crippen LogP contribution in [0.1, 0.15) is 38.7 Å². The van der Waals surface area contributed by atoms with Crippen LogP contribution in [-0.4, -0.2) is 18.6 Å². The van der Waals surface area contributed by atoms with Gasteiger partial charge in [-0.25, -0.2) is 0 Å². The molecule has 2 nitrogen and oxygen atoms in total. The van der Waals surface area contributed by atoms with Gasteiger partial charge in [-0.2, -0.15) is 0 Å². The molecule has 0 spiro atoms. The lowest BCUT2D eigenvalue weighted by molar-refractivity contribution is 0.474. The third-order valence-electron chi connectivity index (χ3n) is 3.84. The van der Waals surface area contributed by atoms with Gasteiger partial charge in [0.1, 0.15) is 5.75 Å². The Balaban J connectivity index is 2.06. The molecular formula is C20H23BNO. The molecule has 1 radical (unpaired) electrons. The molecule has 117 valence electrons. The van der Waals surface area contributed by atoms with Crippen LogP contribution in [0.2, 0.25) is 0 Å². The molecule has 1 aliphatic heterocycles. The van der Waals surface area contributed by atoms with Gasteiger partial charge >= 0.3 is 0 Å². The predicted molar refractivity (Wildman–Crippen MR) is 101 cm³/mol. The van der Waals surface area contributed by atoms with Gasteiger partial charge in [-0.3, -0.25) is 4.99 Å². The van der Waals surface area contributed by atoms with E-state index in [9.17, 15) is 5.11 Å². The SMILES string of the molecule is C=C1C(/C=C/c2ccccc2O)=C[B]/C1=C(\C)N=CCCCC. The molecule has 0 saturated heterocycles. The quantitative estimate of drug-likeness (QED) is 0.445. The standard InChI is InChI=1S/C20H23BNO/c1-4-5-8-13-22-16(3)20-15(2)18(14-21-20)12-11-17-9-6-7-10-19(17)23/h6-7,9-14,23H,2,4-5,8H2,1,3H3/b12-11+,20-16+,22-13?. The van der Waals surface area contributed by atoms with Crippen LogP contribution >= 0.6 is 0 Å². The van der Waals surface area contributed by atoms with Crippen LogP contribution in [0.4, 0.5) is 0 Å². The van der Waals surface area contributed by atoms with Crippen molar-refractivity contribution in [2.75, 3.05) is 0 Å². The van der Waals surface area contributed by atoms with E-state index in [1.807, 2.05) is 49.5 Å². The van der Waals surface area contributed by atoms with E-state index in [2.05, 4.69) is 25.8 Å². The van der Waals surface area contributed by atoms with Gasteiger partial charge in [-0.15, -0.1) is 5.98 Å². The summed E-state index contributed by atoms with van der Waals surface area (Å²) in [6.45, 7) is 8.37. The van der Waals surface area contributed by atoms with Gasteiger partial charge < -0.3 is 5.11 Å². The van der Waals surface area contributed by atoms with Crippen LogP contribution in [0.5, 0.6) is 5.75 Å². The lowest BCUT2D eigenvalue weighted by Crippen LogP contribution is -1.93. The van der Waals surface area contributed by atoms with Crippen LogP contribution in [0.3, 0.4) is 0 Å². The van der Waals surface area contributed by atoms with E-state index in [-0.39, 0.29) is 5.75 Å². The van der Waals surface area contributed by atoms with E-state index in [0.29, 0.717) is 0 Å². The first-order valence-corrected chi connectivity index (χ1v) is 8.07. The van der Waals surface area contributed by atoms with Gasteiger partial charge in [0.25, 0.3) is 0 Å². The van der Waals surface area contributed by atoms with Gasteiger partial charge in [0.05, 0.1) is 0 Å². The fourth-order valence-corrected chi connectivity index (χ4v) is 2.40. The number of aliphatic imine (C=N–C) groups is 1. The number of nitrogens with zero attached hydrogens (tertiary/aromatic N) is 1. The Kier molecular flexibility index (Phi) is 6.22. The van der Waals surface area contributed by atoms with Gasteiger partial charge in [0.15, 0.2) is 7.28 Å². The number of phenolic OH excluding ortho intramolecular Hbond substituents is 1. The maximum absolute atomic E-state index is 9.80. The summed E-state index contributed by atoms with van der Waals surface area (Å²) in [7, 11) is 2.05. The molecule has 0 aliphatic carbocycles. The number of rotatable bonds is 6. The van der Waals surface area contributed by atoms with E-state index >= 15 is 0 Å². The van der Waals surface area contributed by atoms with Crippen molar-refractivity contribution in [1.82, 2.24) is 0 Å². The molecule has 3 heteroatoms. The summed E-state index contributed by atoms with van der Waals surface area (Å²) in [5.74, 6) is 2.32. The zero-order valence-electron chi connectivity index (χ0n) is 13.9. The van der Waals surface area contributed by atoms with E-state index in [4.69, 9.17) is 0 Å². The number of hydrogen-bond acceptors (Lipinski definition) is 2. The molecule has 0 aromatic heterocycles. The zero-order chi connectivity index (χ0) is 16.7. The Labute approximate surface area is 139 Å². The highest BCUT2D eigenvalue weighted by Crippen LogP contribution is 2.29. The second-order valence-corrected chi connectivity index (χ2v) is 5.61. The average Bonchev–Trinajstić information content (AvgIpc) is 2.91. The van der Waals surface area contributed by atoms with Crippen LogP contribution in [-0.2, 0) is 0 Å². The molecule has 1 heterocycles. The minimum atomic E-state index is 0.282. The summed E-state index contributed by atoms with van der Waals surface area (Å²) in [6, 6.07) is 7.29. The van der Waals surface area contributed by atoms with E-state index in [1.54, 1.807) is 6.07 Å². The molecule has 1 aromatic rings. The van der Waals surface area contributed by atoms with Crippen molar-refractivity contribution in [3.63, 3.8) is 0 Å². The number of aromatic hydroxyl groups is 1. The van der Waals surface area contributed by atoms with Crippen LogP contribution in [0.25, 0.3) is 6.08 Å². The number of para-hydroxylation sites is 1. The van der Waals surface area contributed by atoms with Crippen molar-refractivity contribution in [3.8, 4) is 5.75 Å². The molecule has 1 aliphatic rings. The molecule has 0 fully saturated rings. The molecule has 2 rings (SSSR count). The van der Waals surface area contributed by atoms with Gasteiger partial charge in [0, 0.05) is 17.5 Å². The summed E-state index contributed by atoms with van der Waals surface area (Å²) in [4.78, 5) is 4.53. The summed E-state index contributed by atoms with van der Waals surface area (Å²) >= 11 is 0. The lowest BCUT2D eigenvalue weighted by Gasteiger charge is -2.05. The molecule has 1 N–H and O–H groups in total. The van der Waals surface area contributed by atoms with E-state index in [0.717, 1.165) is 34.3 Å². The van der Waals surface area contributed by atoms with Crippen molar-refractivity contribution in [2.45, 2.75) is 33.1 Å². The van der Waals surface area contributed by atoms with Crippen LogP contribution in [0.15, 0.2) is 70.2 Å². The summed E-state index contributed by atoms with van der Waals surface area (Å²) in [6.07, 6.45) is 9.24. The zero-order valence-corrected chi connectivity index (χ0v) is 13.9. The third-order valence-corrected chi connectivity index (χ3v) is 3.84. The van der Waals surface area contributed by atoms with Gasteiger partial charge in [0.2, 0.25) is 0 Å². The van der Waals surface area contributed by atoms with Crippen molar-refractivity contribution in [1.29, 1.82) is 0 Å². The molecule has 0 amide bonds. The van der Waals surface area contributed by atoms with Gasteiger partial charge in [-0.1, -0.05) is 55.7 Å². The van der Waals surface area contributed by atoms with Crippen molar-refractivity contribution in [3.05, 3.63) is 70.8 Å². The molecule has 0 saturated carbocycles. The minimum Gasteiger partial charge on any atom is -0.507 e. The van der Waals surface area contributed by atoms with E-state index in [1.165, 1.54) is 12.8 Å². The molecular weight excluding hydrogens is 281 g/mol. The first-order chi connectivity index (χ1) is 11.1. The Bertz CT molecular complexity index is 695. The van der Waals surface area contributed by atoms with Gasteiger partial charge in [-0.05, 0) is 37.0 Å². The maximum Gasteiger partial charge on any atom is 0.185 e. The number of allylic oxidation sites excluding steroid dienone is 5. The molecule has 1 aromatic carbocycles. The number of hydrogen-bond donors (Lipinski definition) is 1. The lowest BCUT2D eigenvalue weighted by atomic mass is 9.71. The second kappa shape index (κ2) is 8.37. The maximum atomic E-state index is 9.80. The molecule has 0 unspecified atom stereocenters. The number of phenols is 1. The highest BCUT2D eigenvalue weighted by atomic mass is 16.3. The Morgan fingerprint density at radius 2 is 2.09 bits per heavy atom. The topological polar surface area (TPSA) is 32.6 Å². The third kappa shape index (κ3) is 4.59. The highest BCUT2D eigenvalue weighted by Gasteiger charge is 2.16. The molecule has 23 heavy (non-hydrogen) atoms. The second-order valence-electron chi connectivity index (χ2n) is 5.61. The highest BCUT2D eigenvalue weighted by molar-refractivity contribution is 6.55. The Morgan fingerprint density at radius 1 is 1.30 bits per heavy atom. The van der Waals surface area contributed by atoms with Crippen molar-refractivity contribution in [2.24, 2.45) is 4.99 Å². The minimum absolute atomic E-state index is 0.282. The number of benzene rings is 1. The Morgan fingerprint density at radius 3 is 2.83 bits per heavy atom. The van der Waals surface area contributed by atoms with E-state index < -0.39 is 0 Å². The monoisotopic (exact) mass is 304 g/mol. The Hall–Kier alpha value is -2.29. The first-order valence-electron chi connectivity index (χ1n) is 8.07. The largest absolute Gasteiger partial charge is 0.507 e. The number of unbranched alkanes of at least 4 members (excludes halogenated alkanes) is 2. The summed E-state index contributed by atoms with van der Waals surface area (Å²) in [5, 5.41) is 9.80. The normalized spacial score (nSPS) is 17.0. The van der Waals surface area contributed by atoms with Crippen molar-refractivity contribution < 1.29 is 5.11 Å². The summed E-state index contributed by atoms with van der Waals surface area (Å²) in [5.41, 5.74) is 4.89. The van der Waals surface area contributed by atoms with Crippen LogP contribution < -0.4 is 0 Å². The fraction of sp³-hybridized carbons (Fsp3) is 0.250. The smallest absolute Gasteiger partial charge is 0.185 e. The first kappa shape index (κ1) is 17.1. The summed E-state index contributed by atoms with van der Waals surface area (Å²) < 4.78 is 0. The molecule has 0 bridgehead atoms. The predicted octanol–water partition coefficient (Wildman–Crippen LogP) is 5.06. The van der Waals surface area contributed by atoms with Crippen molar-refractivity contribution >= 4 is 19.6 Å². The fourth-order valence-electron chi connectivity index (χ4n) is 2.40. The van der Waals surface area contributed by atoms with Crippen LogP contribution in [0, 0.1) is 0 Å².